The second-order valence-electron chi connectivity index (χ2n) is 8.40. The Labute approximate surface area is 187 Å². The molecule has 3 N–H and O–H groups in total. The number of carbonyl (C=O) groups excluding carboxylic acids is 1. The second kappa shape index (κ2) is 9.95. The molecule has 2 aromatic carbocycles. The van der Waals surface area contributed by atoms with Crippen LogP contribution < -0.4 is 10.1 Å². The number of carbonyl (C=O) groups is 1. The van der Waals surface area contributed by atoms with Gasteiger partial charge in [0.2, 0.25) is 12.2 Å². The lowest BCUT2D eigenvalue weighted by molar-refractivity contribution is -0.305. The number of rotatable bonds is 7. The molecule has 1 amide bonds. The largest absolute Gasteiger partial charge is 0.462 e. The van der Waals surface area contributed by atoms with Crippen molar-refractivity contribution in [1.82, 2.24) is 5.32 Å². The van der Waals surface area contributed by atoms with Gasteiger partial charge in [-0.15, -0.1) is 0 Å². The van der Waals surface area contributed by atoms with E-state index in [1.165, 1.54) is 26.2 Å². The van der Waals surface area contributed by atoms with Crippen molar-refractivity contribution in [1.29, 1.82) is 0 Å². The zero-order valence-corrected chi connectivity index (χ0v) is 18.7. The summed E-state index contributed by atoms with van der Waals surface area (Å²) in [5, 5.41) is 23.7. The molecule has 0 bridgehead atoms. The van der Waals surface area contributed by atoms with E-state index in [9.17, 15) is 19.4 Å². The van der Waals surface area contributed by atoms with Gasteiger partial charge in [0.1, 0.15) is 29.9 Å². The highest BCUT2D eigenvalue weighted by atomic mass is 19.1. The Hall–Kier alpha value is -2.52. The molecule has 32 heavy (non-hydrogen) atoms. The Morgan fingerprint density at radius 3 is 2.47 bits per heavy atom. The van der Waals surface area contributed by atoms with E-state index in [1.807, 2.05) is 6.07 Å². The number of amides is 1. The maximum absolute atomic E-state index is 13.4. The van der Waals surface area contributed by atoms with E-state index in [-0.39, 0.29) is 11.7 Å². The van der Waals surface area contributed by atoms with E-state index in [0.29, 0.717) is 18.7 Å². The van der Waals surface area contributed by atoms with Gasteiger partial charge >= 0.3 is 0 Å². The molecule has 0 aliphatic carbocycles. The number of hydrogen-bond donors (Lipinski definition) is 3. The predicted octanol–water partition coefficient (Wildman–Crippen LogP) is 2.42. The Kier molecular flexibility index (Phi) is 7.51. The van der Waals surface area contributed by atoms with Gasteiger partial charge in [0.05, 0.1) is 5.60 Å². The third-order valence-electron chi connectivity index (χ3n) is 5.56. The smallest absolute Gasteiger partial charge is 0.229 e. The number of halogens is 1. The summed E-state index contributed by atoms with van der Waals surface area (Å²) in [7, 11) is 1.45. The lowest BCUT2D eigenvalue weighted by Gasteiger charge is -2.46. The highest BCUT2D eigenvalue weighted by Gasteiger charge is 2.50. The van der Waals surface area contributed by atoms with Crippen LogP contribution in [0.5, 0.6) is 5.75 Å². The summed E-state index contributed by atoms with van der Waals surface area (Å²) in [4.78, 5) is 11.2. The van der Waals surface area contributed by atoms with Gasteiger partial charge in [0, 0.05) is 20.6 Å². The molecule has 174 valence electrons. The van der Waals surface area contributed by atoms with Gasteiger partial charge in [-0.05, 0) is 61.2 Å². The summed E-state index contributed by atoms with van der Waals surface area (Å²) >= 11 is 0. The summed E-state index contributed by atoms with van der Waals surface area (Å²) in [6, 6.07) is 11.4. The predicted molar refractivity (Wildman–Crippen MR) is 117 cm³/mol. The van der Waals surface area contributed by atoms with Gasteiger partial charge < -0.3 is 29.7 Å². The van der Waals surface area contributed by atoms with Gasteiger partial charge in [-0.3, -0.25) is 4.79 Å². The summed E-state index contributed by atoms with van der Waals surface area (Å²) in [6.45, 7) is 5.41. The third-order valence-corrected chi connectivity index (χ3v) is 5.56. The maximum atomic E-state index is 13.4. The van der Waals surface area contributed by atoms with Gasteiger partial charge in [-0.1, -0.05) is 18.2 Å². The van der Waals surface area contributed by atoms with E-state index in [2.05, 4.69) is 5.32 Å². The number of aliphatic hydroxyl groups is 2. The lowest BCUT2D eigenvalue weighted by Crippen LogP contribution is -2.63. The van der Waals surface area contributed by atoms with Gasteiger partial charge in [-0.25, -0.2) is 4.39 Å². The summed E-state index contributed by atoms with van der Waals surface area (Å²) in [5.41, 5.74) is 1.62. The fourth-order valence-corrected chi connectivity index (χ4v) is 3.96. The molecule has 1 aliphatic rings. The molecule has 4 atom stereocenters. The van der Waals surface area contributed by atoms with Crippen molar-refractivity contribution >= 4 is 5.91 Å². The van der Waals surface area contributed by atoms with E-state index in [1.54, 1.807) is 38.1 Å². The number of methoxy groups -OCH3 is 1. The Morgan fingerprint density at radius 2 is 1.84 bits per heavy atom. The van der Waals surface area contributed by atoms with E-state index >= 15 is 0 Å². The minimum absolute atomic E-state index is 0.118. The Morgan fingerprint density at radius 1 is 1.16 bits per heavy atom. The highest BCUT2D eigenvalue weighted by Crippen LogP contribution is 2.34. The SMILES string of the molecule is COC1[C@@H](O)[C@@H](O)[C@@H](Oc2ccc(CCNC(C)=O)c(-c3ccc(F)cc3)c2)OC1(C)C. The minimum atomic E-state index is -1.32. The third kappa shape index (κ3) is 5.45. The lowest BCUT2D eigenvalue weighted by atomic mass is 9.89. The van der Waals surface area contributed by atoms with Crippen LogP contribution in [0, 0.1) is 5.82 Å². The van der Waals surface area contributed by atoms with Crippen molar-refractivity contribution in [2.75, 3.05) is 13.7 Å². The standard InChI is InChI=1S/C24H30FNO6/c1-14(27)26-12-11-16-7-10-18(13-19(16)15-5-8-17(25)9-6-15)31-23-21(29)20(28)22(30-4)24(2,3)32-23/h5-10,13,20-23,28-29H,11-12H2,1-4H3,(H,26,27)/t20-,21+,22?,23-/m0/s1. The first-order chi connectivity index (χ1) is 15.1. The fraction of sp³-hybridized carbons (Fsp3) is 0.458. The summed E-state index contributed by atoms with van der Waals surface area (Å²) in [6.07, 6.45) is -3.78. The van der Waals surface area contributed by atoms with Crippen LogP contribution in [-0.4, -0.2) is 60.0 Å². The van der Waals surface area contributed by atoms with Crippen LogP contribution >= 0.6 is 0 Å². The molecule has 0 saturated carbocycles. The molecule has 0 aromatic heterocycles. The van der Waals surface area contributed by atoms with Crippen molar-refractivity contribution in [3.8, 4) is 16.9 Å². The molecule has 1 saturated heterocycles. The number of benzene rings is 2. The van der Waals surface area contributed by atoms with E-state index in [0.717, 1.165) is 16.7 Å². The van der Waals surface area contributed by atoms with Crippen molar-refractivity contribution in [2.24, 2.45) is 0 Å². The van der Waals surface area contributed by atoms with Gasteiger partial charge in [0.25, 0.3) is 0 Å². The minimum Gasteiger partial charge on any atom is -0.462 e. The molecule has 7 nitrogen and oxygen atoms in total. The average Bonchev–Trinajstić information content (AvgIpc) is 2.73. The van der Waals surface area contributed by atoms with E-state index < -0.39 is 30.2 Å². The van der Waals surface area contributed by atoms with Crippen LogP contribution in [-0.2, 0) is 20.7 Å². The number of ether oxygens (including phenoxy) is 3. The first kappa shape index (κ1) is 24.1. The van der Waals surface area contributed by atoms with Crippen LogP contribution in [0.1, 0.15) is 26.3 Å². The average molecular weight is 448 g/mol. The maximum Gasteiger partial charge on any atom is 0.229 e. The van der Waals surface area contributed by atoms with Crippen LogP contribution in [0.15, 0.2) is 42.5 Å². The summed E-state index contributed by atoms with van der Waals surface area (Å²) in [5.74, 6) is -0.0497. The molecule has 3 rings (SSSR count). The first-order valence-corrected chi connectivity index (χ1v) is 10.5. The Balaban J connectivity index is 1.88. The number of hydrogen-bond acceptors (Lipinski definition) is 6. The monoisotopic (exact) mass is 447 g/mol. The molecule has 2 aromatic rings. The fourth-order valence-electron chi connectivity index (χ4n) is 3.96. The normalized spacial score (nSPS) is 24.7. The molecule has 1 heterocycles. The molecule has 1 aliphatic heterocycles. The quantitative estimate of drug-likeness (QED) is 0.603. The topological polar surface area (TPSA) is 97.3 Å². The highest BCUT2D eigenvalue weighted by molar-refractivity contribution is 5.73. The zero-order chi connectivity index (χ0) is 23.5. The number of nitrogens with one attached hydrogen (secondary N) is 1. The van der Waals surface area contributed by atoms with Gasteiger partial charge in [0.15, 0.2) is 0 Å². The molecular formula is C24H30FNO6. The Bertz CT molecular complexity index is 933. The van der Waals surface area contributed by atoms with Crippen molar-refractivity contribution < 1.29 is 33.6 Å². The van der Waals surface area contributed by atoms with Crippen LogP contribution in [0.3, 0.4) is 0 Å². The molecule has 8 heteroatoms. The molecule has 1 unspecified atom stereocenters. The van der Waals surface area contributed by atoms with Gasteiger partial charge in [-0.2, -0.15) is 0 Å². The molecular weight excluding hydrogens is 417 g/mol. The summed E-state index contributed by atoms with van der Waals surface area (Å²) < 4.78 is 30.5. The van der Waals surface area contributed by atoms with Crippen LogP contribution in [0.4, 0.5) is 4.39 Å². The van der Waals surface area contributed by atoms with Crippen molar-refractivity contribution in [3.63, 3.8) is 0 Å². The molecule has 0 spiro atoms. The zero-order valence-electron chi connectivity index (χ0n) is 18.7. The molecule has 0 radical (unpaired) electrons. The number of aliphatic hydroxyl groups excluding tert-OH is 2. The van der Waals surface area contributed by atoms with Crippen LogP contribution in [0.2, 0.25) is 0 Å². The first-order valence-electron chi connectivity index (χ1n) is 10.5. The molecule has 1 fully saturated rings. The van der Waals surface area contributed by atoms with E-state index in [4.69, 9.17) is 14.2 Å². The van der Waals surface area contributed by atoms with Crippen molar-refractivity contribution in [2.45, 2.75) is 57.4 Å². The van der Waals surface area contributed by atoms with Crippen molar-refractivity contribution in [3.05, 3.63) is 53.8 Å². The second-order valence-corrected chi connectivity index (χ2v) is 8.40. The van der Waals surface area contributed by atoms with Crippen LogP contribution in [0.25, 0.3) is 11.1 Å².